The first-order valence-electron chi connectivity index (χ1n) is 8.43. The van der Waals surface area contributed by atoms with Crippen molar-refractivity contribution in [3.63, 3.8) is 0 Å². The molecule has 14 heteroatoms. The molecule has 0 unspecified atom stereocenters. The number of nitro benzene ring substituents is 1. The Bertz CT molecular complexity index is 1280. The number of aromatic nitrogens is 1. The van der Waals surface area contributed by atoms with E-state index in [1.807, 2.05) is 29.8 Å². The molecule has 12 nitrogen and oxygen atoms in total. The van der Waals surface area contributed by atoms with Crippen LogP contribution in [0.5, 0.6) is 5.75 Å². The van der Waals surface area contributed by atoms with Gasteiger partial charge in [-0.2, -0.15) is 5.01 Å². The number of rotatable bonds is 5. The van der Waals surface area contributed by atoms with Crippen LogP contribution in [0.3, 0.4) is 0 Å². The van der Waals surface area contributed by atoms with Gasteiger partial charge in [-0.25, -0.2) is 13.0 Å². The summed E-state index contributed by atoms with van der Waals surface area (Å²) in [6, 6.07) is 12.0. The third-order valence-electron chi connectivity index (χ3n) is 3.92. The molecule has 166 valence electrons. The number of nitrogens with zero attached hydrogens (tertiary/aromatic N) is 5. The molecular weight excluding hydrogens is 450 g/mol. The van der Waals surface area contributed by atoms with Crippen molar-refractivity contribution in [2.24, 2.45) is 12.3 Å². The summed E-state index contributed by atoms with van der Waals surface area (Å²) in [5, 5.41) is 16.4. The van der Waals surface area contributed by atoms with Gasteiger partial charge in [-0.1, -0.05) is 0 Å². The normalized spacial score (nSPS) is 10.6. The summed E-state index contributed by atoms with van der Waals surface area (Å²) in [5.74, 6) is 0.792. The monoisotopic (exact) mass is 469 g/mol. The van der Waals surface area contributed by atoms with Gasteiger partial charge in [-0.15, -0.1) is 4.79 Å². The van der Waals surface area contributed by atoms with E-state index < -0.39 is 15.3 Å². The van der Waals surface area contributed by atoms with Gasteiger partial charge in [0, 0.05) is 18.2 Å². The van der Waals surface area contributed by atoms with Crippen molar-refractivity contribution in [2.75, 3.05) is 26.3 Å². The lowest BCUT2D eigenvalue weighted by Gasteiger charge is -2.02. The van der Waals surface area contributed by atoms with Crippen molar-refractivity contribution in [3.8, 4) is 5.75 Å². The number of thiazole rings is 1. The number of nitro groups is 1. The maximum atomic E-state index is 10.7. The van der Waals surface area contributed by atoms with Crippen LogP contribution in [0.25, 0.3) is 10.2 Å². The number of anilines is 1. The summed E-state index contributed by atoms with van der Waals surface area (Å²) < 4.78 is 39.3. The van der Waals surface area contributed by atoms with Gasteiger partial charge in [-0.3, -0.25) is 14.3 Å². The molecule has 0 radical (unpaired) electrons. The van der Waals surface area contributed by atoms with Gasteiger partial charge in [-0.05, 0) is 35.6 Å². The number of hydrogen-bond donors (Lipinski definition) is 0. The quantitative estimate of drug-likeness (QED) is 0.137. The van der Waals surface area contributed by atoms with E-state index in [1.54, 1.807) is 31.3 Å². The number of ether oxygens (including phenoxy) is 1. The van der Waals surface area contributed by atoms with Gasteiger partial charge in [0.05, 0.1) is 37.9 Å². The summed E-state index contributed by atoms with van der Waals surface area (Å²) >= 11 is 1.50. The molecule has 2 aromatic carbocycles. The lowest BCUT2D eigenvalue weighted by Crippen LogP contribution is -2.14. The van der Waals surface area contributed by atoms with Crippen LogP contribution in [-0.4, -0.2) is 48.5 Å². The maximum absolute atomic E-state index is 10.7. The molecule has 0 amide bonds. The highest BCUT2D eigenvalue weighted by molar-refractivity contribution is 7.80. The fourth-order valence-corrected chi connectivity index (χ4v) is 3.28. The molecule has 31 heavy (non-hydrogen) atoms. The first-order chi connectivity index (χ1) is 14.6. The lowest BCUT2D eigenvalue weighted by atomic mass is 10.3. The van der Waals surface area contributed by atoms with Crippen LogP contribution < -0.4 is 14.5 Å². The predicted molar refractivity (Wildman–Crippen MR) is 111 cm³/mol. The Morgan fingerprint density at radius 2 is 1.81 bits per heavy atom. The van der Waals surface area contributed by atoms with Crippen LogP contribution in [0.15, 0.2) is 47.7 Å². The Balaban J connectivity index is 0.000000501. The largest absolute Gasteiger partial charge is 0.726 e. The topological polar surface area (TPSA) is 153 Å². The first kappa shape index (κ1) is 24.0. The van der Waals surface area contributed by atoms with Crippen molar-refractivity contribution < 1.29 is 31.6 Å². The molecule has 0 aliphatic rings. The van der Waals surface area contributed by atoms with Crippen molar-refractivity contribution in [1.29, 1.82) is 0 Å². The van der Waals surface area contributed by atoms with Gasteiger partial charge < -0.3 is 9.29 Å². The third-order valence-corrected chi connectivity index (χ3v) is 5.41. The molecule has 0 aliphatic heterocycles. The average Bonchev–Trinajstić information content (AvgIpc) is 3.06. The summed E-state index contributed by atoms with van der Waals surface area (Å²) in [5.41, 5.74) is 1.79. The smallest absolute Gasteiger partial charge is 0.403 e. The van der Waals surface area contributed by atoms with E-state index in [0.29, 0.717) is 5.69 Å². The van der Waals surface area contributed by atoms with Crippen LogP contribution >= 0.6 is 11.3 Å². The van der Waals surface area contributed by atoms with Crippen molar-refractivity contribution >= 4 is 43.3 Å². The van der Waals surface area contributed by atoms with Crippen LogP contribution in [0.2, 0.25) is 0 Å². The number of fused-ring (bicyclic) bond motifs is 1. The summed E-state index contributed by atoms with van der Waals surface area (Å²) in [7, 11) is 1.69. The minimum atomic E-state index is -4.41. The number of aryl methyl sites for hydroxylation is 1. The SMILES string of the molecule is COS(=O)(=O)[O-].COc1ccc2c(c1)sc(=[N+]=NN(C)c1ccc([N+](=O)[O-])cc1)n2C. The molecule has 0 bridgehead atoms. The molecule has 0 fully saturated rings. The highest BCUT2D eigenvalue weighted by atomic mass is 32.3. The minimum absolute atomic E-state index is 0.0407. The molecule has 0 atom stereocenters. The van der Waals surface area contributed by atoms with Gasteiger partial charge in [0.1, 0.15) is 22.2 Å². The Kier molecular flexibility index (Phi) is 7.85. The second kappa shape index (κ2) is 10.1. The molecule has 0 saturated heterocycles. The van der Waals surface area contributed by atoms with E-state index >= 15 is 0 Å². The number of non-ortho nitro benzene ring substituents is 1. The van der Waals surface area contributed by atoms with Crippen LogP contribution in [-0.2, 0) is 21.6 Å². The molecule has 0 N–H and O–H groups in total. The molecular formula is C17H19N5O7S2. The van der Waals surface area contributed by atoms with Crippen molar-refractivity contribution in [3.05, 3.63) is 57.4 Å². The Hall–Kier alpha value is -3.29. The molecule has 0 saturated carbocycles. The molecule has 3 aromatic rings. The van der Waals surface area contributed by atoms with E-state index in [1.165, 1.54) is 23.5 Å². The van der Waals surface area contributed by atoms with Crippen molar-refractivity contribution in [2.45, 2.75) is 0 Å². The molecule has 0 aliphatic carbocycles. The highest BCUT2D eigenvalue weighted by Crippen LogP contribution is 2.22. The zero-order valence-corrected chi connectivity index (χ0v) is 18.6. The van der Waals surface area contributed by atoms with Crippen LogP contribution in [0, 0.1) is 10.1 Å². The third kappa shape index (κ3) is 6.60. The zero-order chi connectivity index (χ0) is 23.2. The fourth-order valence-electron chi connectivity index (χ4n) is 2.28. The second-order valence-electron chi connectivity index (χ2n) is 5.84. The summed E-state index contributed by atoms with van der Waals surface area (Å²) in [6.07, 6.45) is 0. The highest BCUT2D eigenvalue weighted by Gasteiger charge is 2.11. The number of hydrogen-bond acceptors (Lipinski definition) is 9. The van der Waals surface area contributed by atoms with Gasteiger partial charge in [0.25, 0.3) is 5.69 Å². The standard InChI is InChI=1S/C16H16N5O3S.CH4O4S/c1-19-14-9-8-13(24-3)10-15(14)25-16(19)17-18-20(2)11-4-6-12(7-5-11)21(22)23;1-5-6(2,3)4/h4-10H,1-3H3;1H3,(H,2,3,4)/q+1;/p-1. The second-order valence-corrected chi connectivity index (χ2v) is 8.00. The van der Waals surface area contributed by atoms with E-state index in [-0.39, 0.29) is 5.69 Å². The Morgan fingerprint density at radius 3 is 2.32 bits per heavy atom. The number of benzene rings is 2. The van der Waals surface area contributed by atoms with Crippen LogP contribution in [0.1, 0.15) is 0 Å². The minimum Gasteiger partial charge on any atom is -0.726 e. The zero-order valence-electron chi connectivity index (χ0n) is 17.0. The Labute approximate surface area is 181 Å². The number of methoxy groups -OCH3 is 1. The molecule has 0 spiro atoms. The molecule has 1 aromatic heterocycles. The van der Waals surface area contributed by atoms with Crippen LogP contribution in [0.4, 0.5) is 11.4 Å². The lowest BCUT2D eigenvalue weighted by molar-refractivity contribution is -0.384. The summed E-state index contributed by atoms with van der Waals surface area (Å²) in [6.45, 7) is 0. The Morgan fingerprint density at radius 1 is 1.19 bits per heavy atom. The average molecular weight is 470 g/mol. The van der Waals surface area contributed by atoms with Gasteiger partial charge in [0.2, 0.25) is 10.4 Å². The van der Waals surface area contributed by atoms with E-state index in [4.69, 9.17) is 4.74 Å². The first-order valence-corrected chi connectivity index (χ1v) is 10.6. The molecule has 3 rings (SSSR count). The van der Waals surface area contributed by atoms with E-state index in [9.17, 15) is 23.1 Å². The fraction of sp³-hybridized carbons (Fsp3) is 0.235. The van der Waals surface area contributed by atoms with E-state index in [2.05, 4.69) is 14.2 Å². The predicted octanol–water partition coefficient (Wildman–Crippen LogP) is 1.86. The summed E-state index contributed by atoms with van der Waals surface area (Å²) in [4.78, 5) is 15.3. The van der Waals surface area contributed by atoms with Crippen molar-refractivity contribution in [1.82, 2.24) is 4.57 Å². The van der Waals surface area contributed by atoms with Gasteiger partial charge >= 0.3 is 4.80 Å². The maximum Gasteiger partial charge on any atom is 0.403 e. The molecule has 1 heterocycles. The van der Waals surface area contributed by atoms with E-state index in [0.717, 1.165) is 27.9 Å². The van der Waals surface area contributed by atoms with Gasteiger partial charge in [0.15, 0.2) is 0 Å².